The molecule has 0 amide bonds. The monoisotopic (exact) mass is 159 g/mol. The van der Waals surface area contributed by atoms with Crippen LogP contribution in [0, 0.1) is 11.8 Å². The van der Waals surface area contributed by atoms with E-state index in [2.05, 4.69) is 0 Å². The lowest BCUT2D eigenvalue weighted by Gasteiger charge is -2.19. The van der Waals surface area contributed by atoms with Crippen molar-refractivity contribution in [3.05, 3.63) is 0 Å². The minimum atomic E-state index is -1.26. The topological polar surface area (TPSA) is 63.3 Å². The Hall–Kier alpha value is -0.640. The van der Waals surface area contributed by atoms with Gasteiger partial charge in [0.2, 0.25) is 0 Å². The van der Waals surface area contributed by atoms with Crippen LogP contribution in [-0.2, 0) is 4.79 Å². The Morgan fingerprint density at radius 1 is 1.73 bits per heavy atom. The maximum Gasteiger partial charge on any atom is 0.324 e. The predicted molar refractivity (Wildman–Crippen MR) is 35.7 cm³/mol. The third-order valence-electron chi connectivity index (χ3n) is 2.90. The number of hydrogen-bond acceptors (Lipinski definition) is 2. The van der Waals surface area contributed by atoms with Crippen molar-refractivity contribution in [1.29, 1.82) is 0 Å². The zero-order chi connectivity index (χ0) is 8.22. The van der Waals surface area contributed by atoms with E-state index in [9.17, 15) is 9.18 Å². The van der Waals surface area contributed by atoms with Crippen LogP contribution in [0.5, 0.6) is 0 Å². The van der Waals surface area contributed by atoms with Crippen molar-refractivity contribution in [3.8, 4) is 0 Å². The number of alkyl halides is 1. The molecule has 2 saturated carbocycles. The van der Waals surface area contributed by atoms with Gasteiger partial charge >= 0.3 is 5.97 Å². The largest absolute Gasteiger partial charge is 0.480 e. The van der Waals surface area contributed by atoms with Crippen molar-refractivity contribution in [2.75, 3.05) is 0 Å². The molecule has 4 atom stereocenters. The summed E-state index contributed by atoms with van der Waals surface area (Å²) in [6, 6.07) is 0. The minimum absolute atomic E-state index is 0.00231. The third kappa shape index (κ3) is 0.730. The molecular formula is C7H10FNO2. The van der Waals surface area contributed by atoms with Gasteiger partial charge in [-0.15, -0.1) is 0 Å². The number of halogens is 1. The molecule has 0 radical (unpaired) electrons. The van der Waals surface area contributed by atoms with Crippen molar-refractivity contribution < 1.29 is 14.3 Å². The number of nitrogens with two attached hydrogens (primary N) is 1. The quantitative estimate of drug-likeness (QED) is 0.572. The molecule has 0 saturated heterocycles. The first-order valence-corrected chi connectivity index (χ1v) is 3.72. The fourth-order valence-corrected chi connectivity index (χ4v) is 2.08. The number of aliphatic carboxylic acids is 1. The Morgan fingerprint density at radius 2 is 2.36 bits per heavy atom. The van der Waals surface area contributed by atoms with Crippen LogP contribution >= 0.6 is 0 Å². The smallest absolute Gasteiger partial charge is 0.324 e. The Balaban J connectivity index is 2.22. The molecule has 0 heterocycles. The third-order valence-corrected chi connectivity index (χ3v) is 2.90. The first kappa shape index (κ1) is 7.03. The van der Waals surface area contributed by atoms with Crippen LogP contribution in [0.4, 0.5) is 4.39 Å². The molecule has 0 spiro atoms. The molecule has 3 nitrogen and oxygen atoms in total. The summed E-state index contributed by atoms with van der Waals surface area (Å²) in [5, 5.41) is 8.70. The number of rotatable bonds is 1. The molecule has 0 bridgehead atoms. The molecule has 0 aromatic rings. The molecule has 4 heteroatoms. The van der Waals surface area contributed by atoms with Crippen LogP contribution in [0.15, 0.2) is 0 Å². The van der Waals surface area contributed by atoms with Crippen LogP contribution in [0.25, 0.3) is 0 Å². The van der Waals surface area contributed by atoms with E-state index in [4.69, 9.17) is 10.8 Å². The van der Waals surface area contributed by atoms with Crippen LogP contribution < -0.4 is 5.73 Å². The van der Waals surface area contributed by atoms with E-state index in [0.29, 0.717) is 6.42 Å². The second-order valence-electron chi connectivity index (χ2n) is 3.57. The number of fused-ring (bicyclic) bond motifs is 1. The summed E-state index contributed by atoms with van der Waals surface area (Å²) in [6.07, 6.45) is -0.331. The first-order valence-electron chi connectivity index (χ1n) is 3.72. The van der Waals surface area contributed by atoms with E-state index in [1.807, 2.05) is 0 Å². The Kier molecular flexibility index (Phi) is 1.12. The van der Waals surface area contributed by atoms with Gasteiger partial charge in [0.15, 0.2) is 0 Å². The summed E-state index contributed by atoms with van der Waals surface area (Å²) < 4.78 is 12.9. The van der Waals surface area contributed by atoms with E-state index in [1.54, 1.807) is 0 Å². The van der Waals surface area contributed by atoms with Gasteiger partial charge in [0.1, 0.15) is 11.7 Å². The summed E-state index contributed by atoms with van der Waals surface area (Å²) >= 11 is 0. The molecule has 0 unspecified atom stereocenters. The van der Waals surface area contributed by atoms with Crippen molar-refractivity contribution in [2.45, 2.75) is 24.6 Å². The van der Waals surface area contributed by atoms with Gasteiger partial charge in [-0.2, -0.15) is 0 Å². The Bertz CT molecular complexity index is 220. The number of hydrogen-bond donors (Lipinski definition) is 2. The standard InChI is InChI=1S/C7H10FNO2/c8-5-2-7(9,6(10)11)4-1-3(4)5/h3-5H,1-2,9H2,(H,10,11)/t3-,4+,5+,7-/m0/s1. The van der Waals surface area contributed by atoms with Gasteiger partial charge in [0.05, 0.1) is 0 Å². The Labute approximate surface area is 63.4 Å². The van der Waals surface area contributed by atoms with E-state index in [1.165, 1.54) is 0 Å². The van der Waals surface area contributed by atoms with Gasteiger partial charge < -0.3 is 10.8 Å². The van der Waals surface area contributed by atoms with Gasteiger partial charge in [-0.05, 0) is 18.3 Å². The zero-order valence-electron chi connectivity index (χ0n) is 5.96. The highest BCUT2D eigenvalue weighted by atomic mass is 19.1. The SMILES string of the molecule is N[C@@]1(C(=O)O)C[C@@H](F)[C@H]2C[C@H]21. The van der Waals surface area contributed by atoms with E-state index in [-0.39, 0.29) is 18.3 Å². The van der Waals surface area contributed by atoms with Crippen molar-refractivity contribution in [2.24, 2.45) is 17.6 Å². The van der Waals surface area contributed by atoms with E-state index >= 15 is 0 Å². The molecule has 2 rings (SSSR count). The number of carboxylic acid groups (broad SMARTS) is 1. The fourth-order valence-electron chi connectivity index (χ4n) is 2.08. The van der Waals surface area contributed by atoms with Crippen molar-refractivity contribution >= 4 is 5.97 Å². The molecular weight excluding hydrogens is 149 g/mol. The Morgan fingerprint density at radius 3 is 2.55 bits per heavy atom. The molecule has 0 aromatic carbocycles. The first-order chi connectivity index (χ1) is 5.05. The normalized spacial score (nSPS) is 53.8. The van der Waals surface area contributed by atoms with Crippen LogP contribution in [-0.4, -0.2) is 22.8 Å². The molecule has 3 N–H and O–H groups in total. The molecule has 2 aliphatic carbocycles. The molecule has 0 aromatic heterocycles. The van der Waals surface area contributed by atoms with Crippen molar-refractivity contribution in [1.82, 2.24) is 0 Å². The van der Waals surface area contributed by atoms with Gasteiger partial charge in [0, 0.05) is 6.42 Å². The highest BCUT2D eigenvalue weighted by Gasteiger charge is 2.65. The van der Waals surface area contributed by atoms with E-state index in [0.717, 1.165) is 0 Å². The van der Waals surface area contributed by atoms with Crippen LogP contribution in [0.3, 0.4) is 0 Å². The lowest BCUT2D eigenvalue weighted by molar-refractivity contribution is -0.144. The summed E-state index contributed by atoms with van der Waals surface area (Å²) in [4.78, 5) is 10.6. The summed E-state index contributed by atoms with van der Waals surface area (Å²) in [5.41, 5.74) is 4.28. The minimum Gasteiger partial charge on any atom is -0.480 e. The average molecular weight is 159 g/mol. The summed E-state index contributed by atoms with van der Waals surface area (Å²) in [7, 11) is 0. The average Bonchev–Trinajstić information content (AvgIpc) is 2.59. The number of carboxylic acids is 1. The molecule has 11 heavy (non-hydrogen) atoms. The maximum absolute atomic E-state index is 12.9. The highest BCUT2D eigenvalue weighted by molar-refractivity contribution is 5.80. The van der Waals surface area contributed by atoms with Crippen LogP contribution in [0.1, 0.15) is 12.8 Å². The van der Waals surface area contributed by atoms with Gasteiger partial charge in [-0.1, -0.05) is 0 Å². The summed E-state index contributed by atoms with van der Waals surface area (Å²) in [6.45, 7) is 0. The summed E-state index contributed by atoms with van der Waals surface area (Å²) in [5.74, 6) is -1.21. The second-order valence-corrected chi connectivity index (χ2v) is 3.57. The molecule has 62 valence electrons. The zero-order valence-corrected chi connectivity index (χ0v) is 5.96. The number of carbonyl (C=O) groups is 1. The van der Waals surface area contributed by atoms with Crippen LogP contribution in [0.2, 0.25) is 0 Å². The molecule has 2 fully saturated rings. The molecule has 2 aliphatic rings. The lowest BCUT2D eigenvalue weighted by Crippen LogP contribution is -2.49. The van der Waals surface area contributed by atoms with Gasteiger partial charge in [-0.25, -0.2) is 4.39 Å². The van der Waals surface area contributed by atoms with Gasteiger partial charge in [0.25, 0.3) is 0 Å². The van der Waals surface area contributed by atoms with Gasteiger partial charge in [-0.3, -0.25) is 4.79 Å². The fraction of sp³-hybridized carbons (Fsp3) is 0.857. The second kappa shape index (κ2) is 1.75. The van der Waals surface area contributed by atoms with Crippen molar-refractivity contribution in [3.63, 3.8) is 0 Å². The lowest BCUT2D eigenvalue weighted by atomic mass is 9.94. The highest BCUT2D eigenvalue weighted by Crippen LogP contribution is 2.57. The predicted octanol–water partition coefficient (Wildman–Crippen LogP) is 0.146. The maximum atomic E-state index is 12.9. The molecule has 0 aliphatic heterocycles. The van der Waals surface area contributed by atoms with E-state index < -0.39 is 17.7 Å².